The van der Waals surface area contributed by atoms with Gasteiger partial charge in [0.2, 0.25) is 0 Å². The predicted molar refractivity (Wildman–Crippen MR) is 75.7 cm³/mol. The maximum Gasteiger partial charge on any atom is 0.0576 e. The quantitative estimate of drug-likeness (QED) is 0.790. The van der Waals surface area contributed by atoms with E-state index in [1.165, 1.54) is 56.5 Å². The predicted octanol–water partition coefficient (Wildman–Crippen LogP) is 3.07. The van der Waals surface area contributed by atoms with Crippen molar-refractivity contribution in [2.75, 3.05) is 25.2 Å². The molecule has 2 saturated heterocycles. The highest BCUT2D eigenvalue weighted by Crippen LogP contribution is 2.28. The summed E-state index contributed by atoms with van der Waals surface area (Å²) >= 11 is 2.13. The molecule has 0 aliphatic carbocycles. The lowest BCUT2D eigenvalue weighted by atomic mass is 9.91. The van der Waals surface area contributed by atoms with Gasteiger partial charge < -0.3 is 10.1 Å². The van der Waals surface area contributed by atoms with Gasteiger partial charge in [-0.15, -0.1) is 0 Å². The zero-order valence-corrected chi connectivity index (χ0v) is 11.9. The molecule has 2 aliphatic rings. The Labute approximate surface area is 110 Å². The van der Waals surface area contributed by atoms with Crippen LogP contribution in [0.5, 0.6) is 0 Å². The fourth-order valence-corrected chi connectivity index (χ4v) is 4.23. The first-order valence-corrected chi connectivity index (χ1v) is 8.40. The summed E-state index contributed by atoms with van der Waals surface area (Å²) in [5, 5.41) is 3.51. The highest BCUT2D eigenvalue weighted by Gasteiger charge is 2.21. The van der Waals surface area contributed by atoms with E-state index in [0.29, 0.717) is 12.1 Å². The van der Waals surface area contributed by atoms with Gasteiger partial charge in [0.1, 0.15) is 0 Å². The number of thioether (sulfide) groups is 1. The zero-order chi connectivity index (χ0) is 11.9. The van der Waals surface area contributed by atoms with Crippen LogP contribution in [0.1, 0.15) is 44.9 Å². The number of hydrogen-bond acceptors (Lipinski definition) is 3. The van der Waals surface area contributed by atoms with Gasteiger partial charge in [-0.1, -0.05) is 0 Å². The molecule has 0 bridgehead atoms. The highest BCUT2D eigenvalue weighted by atomic mass is 32.2. The van der Waals surface area contributed by atoms with Crippen LogP contribution >= 0.6 is 11.8 Å². The first-order valence-electron chi connectivity index (χ1n) is 7.25. The van der Waals surface area contributed by atoms with Crippen molar-refractivity contribution < 1.29 is 4.74 Å². The molecule has 2 heterocycles. The van der Waals surface area contributed by atoms with Crippen molar-refractivity contribution in [3.8, 4) is 0 Å². The monoisotopic (exact) mass is 257 g/mol. The molecule has 2 fully saturated rings. The van der Waals surface area contributed by atoms with E-state index in [2.05, 4.69) is 24.1 Å². The van der Waals surface area contributed by atoms with E-state index in [-0.39, 0.29) is 0 Å². The highest BCUT2D eigenvalue weighted by molar-refractivity contribution is 7.99. The van der Waals surface area contributed by atoms with Gasteiger partial charge in [0, 0.05) is 12.6 Å². The SMILES string of the molecule is CNC(CCC1CCCO1)CC1CCSCC1. The fourth-order valence-electron chi connectivity index (χ4n) is 3.02. The van der Waals surface area contributed by atoms with Crippen LogP contribution in [0.2, 0.25) is 0 Å². The van der Waals surface area contributed by atoms with Gasteiger partial charge in [-0.05, 0) is 69.4 Å². The number of hydrogen-bond donors (Lipinski definition) is 1. The third-order valence-electron chi connectivity index (χ3n) is 4.23. The Morgan fingerprint density at radius 1 is 1.29 bits per heavy atom. The third kappa shape index (κ3) is 4.80. The van der Waals surface area contributed by atoms with Crippen molar-refractivity contribution >= 4 is 11.8 Å². The molecule has 0 aromatic rings. The summed E-state index contributed by atoms with van der Waals surface area (Å²) in [5.41, 5.74) is 0. The molecule has 0 saturated carbocycles. The maximum atomic E-state index is 5.71. The van der Waals surface area contributed by atoms with Crippen LogP contribution in [-0.2, 0) is 4.74 Å². The number of rotatable bonds is 6. The van der Waals surface area contributed by atoms with Crippen LogP contribution in [0, 0.1) is 5.92 Å². The first-order chi connectivity index (χ1) is 8.38. The lowest BCUT2D eigenvalue weighted by Gasteiger charge is -2.26. The van der Waals surface area contributed by atoms with Gasteiger partial charge in [-0.2, -0.15) is 11.8 Å². The Morgan fingerprint density at radius 3 is 2.76 bits per heavy atom. The van der Waals surface area contributed by atoms with Gasteiger partial charge >= 0.3 is 0 Å². The Morgan fingerprint density at radius 2 is 2.12 bits per heavy atom. The van der Waals surface area contributed by atoms with Crippen LogP contribution < -0.4 is 5.32 Å². The zero-order valence-electron chi connectivity index (χ0n) is 11.1. The molecular weight excluding hydrogens is 230 g/mol. The fraction of sp³-hybridized carbons (Fsp3) is 1.00. The molecular formula is C14H27NOS. The van der Waals surface area contributed by atoms with Gasteiger partial charge in [-0.3, -0.25) is 0 Å². The van der Waals surface area contributed by atoms with E-state index in [9.17, 15) is 0 Å². The molecule has 0 radical (unpaired) electrons. The van der Waals surface area contributed by atoms with E-state index < -0.39 is 0 Å². The second-order valence-corrected chi connectivity index (χ2v) is 6.71. The maximum absolute atomic E-state index is 5.71. The van der Waals surface area contributed by atoms with Gasteiger partial charge in [-0.25, -0.2) is 0 Å². The Bertz CT molecular complexity index is 200. The Hall–Kier alpha value is 0.270. The normalized spacial score (nSPS) is 28.4. The summed E-state index contributed by atoms with van der Waals surface area (Å²) in [6.07, 6.45) is 9.92. The van der Waals surface area contributed by atoms with E-state index in [0.717, 1.165) is 12.5 Å². The smallest absolute Gasteiger partial charge is 0.0576 e. The number of ether oxygens (including phenoxy) is 1. The summed E-state index contributed by atoms with van der Waals surface area (Å²) in [6, 6.07) is 0.715. The molecule has 0 aromatic carbocycles. The van der Waals surface area contributed by atoms with Crippen LogP contribution in [0.25, 0.3) is 0 Å². The third-order valence-corrected chi connectivity index (χ3v) is 5.28. The largest absolute Gasteiger partial charge is 0.378 e. The average molecular weight is 257 g/mol. The van der Waals surface area contributed by atoms with Crippen molar-refractivity contribution in [1.29, 1.82) is 0 Å². The molecule has 0 aromatic heterocycles. The van der Waals surface area contributed by atoms with Crippen LogP contribution in [0.15, 0.2) is 0 Å². The lowest BCUT2D eigenvalue weighted by Crippen LogP contribution is -2.30. The van der Waals surface area contributed by atoms with E-state index in [4.69, 9.17) is 4.74 Å². The Kier molecular flexibility index (Phi) is 6.16. The molecule has 0 spiro atoms. The summed E-state index contributed by atoms with van der Waals surface area (Å²) < 4.78 is 5.71. The minimum absolute atomic E-state index is 0.563. The van der Waals surface area contributed by atoms with Crippen LogP contribution in [0.3, 0.4) is 0 Å². The molecule has 3 heteroatoms. The Balaban J connectivity index is 1.64. The van der Waals surface area contributed by atoms with E-state index in [1.54, 1.807) is 0 Å². The van der Waals surface area contributed by atoms with Crippen LogP contribution in [-0.4, -0.2) is 37.3 Å². The second kappa shape index (κ2) is 7.65. The molecule has 2 nitrogen and oxygen atoms in total. The molecule has 2 rings (SSSR count). The molecule has 2 unspecified atom stereocenters. The summed E-state index contributed by atoms with van der Waals surface area (Å²) in [4.78, 5) is 0. The van der Waals surface area contributed by atoms with Crippen molar-refractivity contribution in [3.05, 3.63) is 0 Å². The van der Waals surface area contributed by atoms with Crippen molar-refractivity contribution in [1.82, 2.24) is 5.32 Å². The summed E-state index contributed by atoms with van der Waals surface area (Å²) in [6.45, 7) is 0.995. The molecule has 2 aliphatic heterocycles. The minimum atomic E-state index is 0.563. The van der Waals surface area contributed by atoms with Crippen molar-refractivity contribution in [2.45, 2.75) is 57.1 Å². The minimum Gasteiger partial charge on any atom is -0.378 e. The lowest BCUT2D eigenvalue weighted by molar-refractivity contribution is 0.0988. The molecule has 17 heavy (non-hydrogen) atoms. The first kappa shape index (κ1) is 13.7. The standard InChI is InChI=1S/C14H27NOS/c1-15-13(4-5-14-3-2-8-16-14)11-12-6-9-17-10-7-12/h12-15H,2-11H2,1H3. The topological polar surface area (TPSA) is 21.3 Å². The summed E-state index contributed by atoms with van der Waals surface area (Å²) in [7, 11) is 2.12. The molecule has 1 N–H and O–H groups in total. The second-order valence-electron chi connectivity index (χ2n) is 5.49. The molecule has 100 valence electrons. The van der Waals surface area contributed by atoms with E-state index >= 15 is 0 Å². The van der Waals surface area contributed by atoms with Crippen LogP contribution in [0.4, 0.5) is 0 Å². The number of nitrogens with one attached hydrogen (secondary N) is 1. The summed E-state index contributed by atoms with van der Waals surface area (Å²) in [5.74, 6) is 3.73. The average Bonchev–Trinajstić information content (AvgIpc) is 2.89. The molecule has 2 atom stereocenters. The van der Waals surface area contributed by atoms with Crippen molar-refractivity contribution in [3.63, 3.8) is 0 Å². The van der Waals surface area contributed by atoms with Crippen molar-refractivity contribution in [2.24, 2.45) is 5.92 Å². The van der Waals surface area contributed by atoms with Gasteiger partial charge in [0.25, 0.3) is 0 Å². The van der Waals surface area contributed by atoms with Gasteiger partial charge in [0.05, 0.1) is 6.10 Å². The van der Waals surface area contributed by atoms with Gasteiger partial charge in [0.15, 0.2) is 0 Å². The molecule has 0 amide bonds. The van der Waals surface area contributed by atoms with E-state index in [1.807, 2.05) is 0 Å².